The van der Waals surface area contributed by atoms with Gasteiger partial charge in [-0.3, -0.25) is 4.79 Å². The van der Waals surface area contributed by atoms with Crippen molar-refractivity contribution in [1.82, 2.24) is 9.55 Å². The van der Waals surface area contributed by atoms with Crippen molar-refractivity contribution in [3.63, 3.8) is 0 Å². The monoisotopic (exact) mass is 248 g/mol. The van der Waals surface area contributed by atoms with E-state index in [1.807, 2.05) is 0 Å². The number of aryl methyl sites for hydroxylation is 1. The molecule has 4 heteroatoms. The number of nitrogens with zero attached hydrogens (tertiary/aromatic N) is 2. The van der Waals surface area contributed by atoms with Crippen LogP contribution in [0.2, 0.25) is 0 Å². The van der Waals surface area contributed by atoms with E-state index in [0.29, 0.717) is 5.92 Å². The number of carboxylic acids is 1. The largest absolute Gasteiger partial charge is 0.481 e. The van der Waals surface area contributed by atoms with Gasteiger partial charge in [0.1, 0.15) is 5.82 Å². The fourth-order valence-corrected chi connectivity index (χ4v) is 3.69. The third-order valence-corrected chi connectivity index (χ3v) is 4.51. The summed E-state index contributed by atoms with van der Waals surface area (Å²) in [5, 5.41) is 8.98. The van der Waals surface area contributed by atoms with Gasteiger partial charge >= 0.3 is 5.97 Å². The molecule has 0 aliphatic heterocycles. The highest BCUT2D eigenvalue weighted by molar-refractivity contribution is 5.68. The molecule has 0 radical (unpaired) electrons. The lowest BCUT2D eigenvalue weighted by Crippen LogP contribution is -2.10. The molecule has 0 aromatic carbocycles. The lowest BCUT2D eigenvalue weighted by Gasteiger charge is -2.14. The molecule has 2 aliphatic rings. The average Bonchev–Trinajstić information content (AvgIpc) is 2.97. The summed E-state index contributed by atoms with van der Waals surface area (Å²) in [5.74, 6) is 1.28. The Labute approximate surface area is 107 Å². The summed E-state index contributed by atoms with van der Waals surface area (Å²) in [5.41, 5.74) is 2.35. The number of carboxylic acid groups (broad SMARTS) is 1. The minimum atomic E-state index is -0.698. The summed E-state index contributed by atoms with van der Waals surface area (Å²) < 4.78 is 2.20. The van der Waals surface area contributed by atoms with Crippen LogP contribution in [0.25, 0.3) is 0 Å². The van der Waals surface area contributed by atoms with Crippen LogP contribution in [0.5, 0.6) is 0 Å². The smallest absolute Gasteiger partial charge is 0.304 e. The van der Waals surface area contributed by atoms with Crippen molar-refractivity contribution in [1.29, 1.82) is 0 Å². The molecule has 1 N–H and O–H groups in total. The maximum absolute atomic E-state index is 10.9. The van der Waals surface area contributed by atoms with E-state index in [-0.39, 0.29) is 12.3 Å². The summed E-state index contributed by atoms with van der Waals surface area (Å²) in [6.45, 7) is 0. The van der Waals surface area contributed by atoms with Gasteiger partial charge in [0, 0.05) is 24.6 Å². The van der Waals surface area contributed by atoms with Crippen LogP contribution in [0.15, 0.2) is 0 Å². The van der Waals surface area contributed by atoms with Crippen LogP contribution in [-0.4, -0.2) is 20.6 Å². The first-order chi connectivity index (χ1) is 8.66. The molecular formula is C14H20N2O2. The Morgan fingerprint density at radius 2 is 2.11 bits per heavy atom. The third-order valence-electron chi connectivity index (χ3n) is 4.51. The summed E-state index contributed by atoms with van der Waals surface area (Å²) in [6, 6.07) is 0. The van der Waals surface area contributed by atoms with Crippen molar-refractivity contribution in [2.45, 2.75) is 56.8 Å². The van der Waals surface area contributed by atoms with Gasteiger partial charge in [0.15, 0.2) is 0 Å². The molecule has 1 aromatic heterocycles. The van der Waals surface area contributed by atoms with Gasteiger partial charge in [0.2, 0.25) is 0 Å². The molecule has 98 valence electrons. The predicted octanol–water partition coefficient (Wildman–Crippen LogP) is 2.58. The zero-order chi connectivity index (χ0) is 12.7. The molecule has 18 heavy (non-hydrogen) atoms. The summed E-state index contributed by atoms with van der Waals surface area (Å²) in [4.78, 5) is 15.7. The summed E-state index contributed by atoms with van der Waals surface area (Å²) in [6.07, 6.45) is 7.25. The SMILES string of the molecule is Cn1c(C2CCCC2)nc2c1C(CC(=O)O)CC2. The fraction of sp³-hybridized carbons (Fsp3) is 0.714. The maximum Gasteiger partial charge on any atom is 0.304 e. The van der Waals surface area contributed by atoms with Gasteiger partial charge < -0.3 is 9.67 Å². The predicted molar refractivity (Wildman–Crippen MR) is 67.7 cm³/mol. The molecule has 1 heterocycles. The fourth-order valence-electron chi connectivity index (χ4n) is 3.69. The van der Waals surface area contributed by atoms with Crippen molar-refractivity contribution in [2.24, 2.45) is 7.05 Å². The van der Waals surface area contributed by atoms with E-state index >= 15 is 0 Å². The normalized spacial score (nSPS) is 23.5. The van der Waals surface area contributed by atoms with E-state index in [4.69, 9.17) is 10.1 Å². The summed E-state index contributed by atoms with van der Waals surface area (Å²) in [7, 11) is 2.07. The molecule has 2 aliphatic carbocycles. The first-order valence-electron chi connectivity index (χ1n) is 6.94. The molecule has 1 unspecified atom stereocenters. The van der Waals surface area contributed by atoms with Crippen LogP contribution in [0.4, 0.5) is 0 Å². The highest BCUT2D eigenvalue weighted by Crippen LogP contribution is 2.40. The molecule has 1 saturated carbocycles. The Bertz CT molecular complexity index is 472. The van der Waals surface area contributed by atoms with E-state index in [1.54, 1.807) is 0 Å². The number of carbonyl (C=O) groups is 1. The quantitative estimate of drug-likeness (QED) is 0.894. The van der Waals surface area contributed by atoms with E-state index in [0.717, 1.165) is 18.5 Å². The Kier molecular flexibility index (Phi) is 2.88. The molecular weight excluding hydrogens is 228 g/mol. The number of aromatic nitrogens is 2. The van der Waals surface area contributed by atoms with Crippen LogP contribution >= 0.6 is 0 Å². The highest BCUT2D eigenvalue weighted by atomic mass is 16.4. The van der Waals surface area contributed by atoms with Gasteiger partial charge in [-0.25, -0.2) is 4.98 Å². The Balaban J connectivity index is 1.90. The maximum atomic E-state index is 10.9. The van der Waals surface area contributed by atoms with Crippen molar-refractivity contribution >= 4 is 5.97 Å². The number of rotatable bonds is 3. The van der Waals surface area contributed by atoms with Crippen LogP contribution in [-0.2, 0) is 18.3 Å². The van der Waals surface area contributed by atoms with Crippen molar-refractivity contribution in [3.05, 3.63) is 17.2 Å². The Morgan fingerprint density at radius 3 is 2.78 bits per heavy atom. The van der Waals surface area contributed by atoms with Crippen LogP contribution in [0, 0.1) is 0 Å². The minimum absolute atomic E-state index is 0.171. The second-order valence-corrected chi connectivity index (χ2v) is 5.68. The van der Waals surface area contributed by atoms with Crippen LogP contribution in [0.3, 0.4) is 0 Å². The highest BCUT2D eigenvalue weighted by Gasteiger charge is 2.32. The molecule has 0 spiro atoms. The number of fused-ring (bicyclic) bond motifs is 1. The molecule has 1 aromatic rings. The van der Waals surface area contributed by atoms with Gasteiger partial charge in [-0.1, -0.05) is 12.8 Å². The molecule has 0 bridgehead atoms. The molecule has 4 nitrogen and oxygen atoms in total. The topological polar surface area (TPSA) is 55.1 Å². The molecule has 0 amide bonds. The number of hydrogen-bond donors (Lipinski definition) is 1. The lowest BCUT2D eigenvalue weighted by atomic mass is 10.0. The van der Waals surface area contributed by atoms with Crippen LogP contribution < -0.4 is 0 Å². The Morgan fingerprint density at radius 1 is 1.39 bits per heavy atom. The van der Waals surface area contributed by atoms with E-state index in [9.17, 15) is 4.79 Å². The van der Waals surface area contributed by atoms with Gasteiger partial charge in [0.25, 0.3) is 0 Å². The third kappa shape index (κ3) is 1.84. The molecule has 1 fully saturated rings. The van der Waals surface area contributed by atoms with E-state index < -0.39 is 5.97 Å². The van der Waals surface area contributed by atoms with E-state index in [2.05, 4.69) is 11.6 Å². The molecule has 0 saturated heterocycles. The molecule has 1 atom stereocenters. The number of aliphatic carboxylic acids is 1. The summed E-state index contributed by atoms with van der Waals surface area (Å²) >= 11 is 0. The standard InChI is InChI=1S/C14H20N2O2/c1-16-13-10(8-12(17)18)6-7-11(13)15-14(16)9-4-2-3-5-9/h9-10H,2-8H2,1H3,(H,17,18). The first-order valence-corrected chi connectivity index (χ1v) is 6.94. The van der Waals surface area contributed by atoms with Crippen LogP contribution in [0.1, 0.15) is 67.6 Å². The number of imidazole rings is 1. The number of hydrogen-bond acceptors (Lipinski definition) is 2. The zero-order valence-corrected chi connectivity index (χ0v) is 10.9. The zero-order valence-electron chi connectivity index (χ0n) is 10.9. The van der Waals surface area contributed by atoms with Gasteiger partial charge in [-0.05, 0) is 25.7 Å². The Hall–Kier alpha value is -1.32. The van der Waals surface area contributed by atoms with Crippen molar-refractivity contribution < 1.29 is 9.90 Å². The average molecular weight is 248 g/mol. The lowest BCUT2D eigenvalue weighted by molar-refractivity contribution is -0.137. The van der Waals surface area contributed by atoms with Gasteiger partial charge in [0.05, 0.1) is 12.1 Å². The minimum Gasteiger partial charge on any atom is -0.481 e. The van der Waals surface area contributed by atoms with Gasteiger partial charge in [-0.2, -0.15) is 0 Å². The van der Waals surface area contributed by atoms with Crippen molar-refractivity contribution in [2.75, 3.05) is 0 Å². The second kappa shape index (κ2) is 4.41. The van der Waals surface area contributed by atoms with Gasteiger partial charge in [-0.15, -0.1) is 0 Å². The van der Waals surface area contributed by atoms with E-state index in [1.165, 1.54) is 37.2 Å². The first kappa shape index (κ1) is 11.8. The molecule has 3 rings (SSSR count). The van der Waals surface area contributed by atoms with Crippen molar-refractivity contribution in [3.8, 4) is 0 Å². The second-order valence-electron chi connectivity index (χ2n) is 5.68.